The predicted octanol–water partition coefficient (Wildman–Crippen LogP) is 16.7. The second-order valence-corrected chi connectivity index (χ2v) is 17.1. The summed E-state index contributed by atoms with van der Waals surface area (Å²) in [6, 6.07) is 0. The number of ether oxygens (including phenoxy) is 3. The van der Waals surface area contributed by atoms with Gasteiger partial charge in [-0.05, 0) is 57.8 Å². The minimum absolute atomic E-state index is 0.0713. The molecule has 0 fully saturated rings. The molecule has 0 rings (SSSR count). The van der Waals surface area contributed by atoms with Gasteiger partial charge >= 0.3 is 17.9 Å². The highest BCUT2D eigenvalue weighted by atomic mass is 16.6. The number of hydrogen-bond acceptors (Lipinski definition) is 6. The van der Waals surface area contributed by atoms with E-state index in [1.807, 2.05) is 0 Å². The third kappa shape index (κ3) is 46.4. The monoisotopic (exact) mass is 841 g/mol. The topological polar surface area (TPSA) is 78.9 Å². The van der Waals surface area contributed by atoms with Crippen molar-refractivity contribution in [2.24, 2.45) is 0 Å². The van der Waals surface area contributed by atoms with Gasteiger partial charge in [-0.25, -0.2) is 0 Å². The van der Waals surface area contributed by atoms with E-state index in [9.17, 15) is 14.4 Å². The molecule has 6 nitrogen and oxygen atoms in total. The lowest BCUT2D eigenvalue weighted by Gasteiger charge is -2.18. The Morgan fingerprint density at radius 3 is 1.02 bits per heavy atom. The van der Waals surface area contributed by atoms with Gasteiger partial charge in [0.05, 0.1) is 0 Å². The number of allylic oxidation sites excluding steroid dienone is 8. The average molecular weight is 841 g/mol. The predicted molar refractivity (Wildman–Crippen MR) is 256 cm³/mol. The molecule has 1 atom stereocenters. The number of unbranched alkanes of at least 4 members (excludes halogenated alkanes) is 27. The first-order valence-corrected chi connectivity index (χ1v) is 25.6. The van der Waals surface area contributed by atoms with Crippen molar-refractivity contribution in [3.63, 3.8) is 0 Å². The molecule has 0 amide bonds. The maximum absolute atomic E-state index is 12.7. The van der Waals surface area contributed by atoms with E-state index in [0.717, 1.165) is 89.9 Å². The van der Waals surface area contributed by atoms with E-state index >= 15 is 0 Å². The van der Waals surface area contributed by atoms with Crippen LogP contribution < -0.4 is 0 Å². The maximum Gasteiger partial charge on any atom is 0.306 e. The zero-order valence-corrected chi connectivity index (χ0v) is 39.7. The second-order valence-electron chi connectivity index (χ2n) is 17.1. The van der Waals surface area contributed by atoms with Crippen molar-refractivity contribution in [2.45, 2.75) is 264 Å². The average Bonchev–Trinajstić information content (AvgIpc) is 3.24. The van der Waals surface area contributed by atoms with Crippen LogP contribution in [-0.2, 0) is 28.6 Å². The molecule has 0 bridgehead atoms. The quantitative estimate of drug-likeness (QED) is 0.0263. The van der Waals surface area contributed by atoms with Gasteiger partial charge in [-0.1, -0.05) is 230 Å². The molecule has 0 aliphatic carbocycles. The minimum Gasteiger partial charge on any atom is -0.462 e. The third-order valence-corrected chi connectivity index (χ3v) is 11.1. The molecule has 0 N–H and O–H groups in total. The molecule has 0 aliphatic rings. The molecule has 60 heavy (non-hydrogen) atoms. The van der Waals surface area contributed by atoms with E-state index in [0.29, 0.717) is 19.3 Å². The molecule has 6 heteroatoms. The van der Waals surface area contributed by atoms with Crippen LogP contribution in [0, 0.1) is 0 Å². The summed E-state index contributed by atoms with van der Waals surface area (Å²) in [5, 5.41) is 0. The first kappa shape index (κ1) is 57.4. The summed E-state index contributed by atoms with van der Waals surface area (Å²) >= 11 is 0. The van der Waals surface area contributed by atoms with Gasteiger partial charge in [0.1, 0.15) is 13.2 Å². The highest BCUT2D eigenvalue weighted by molar-refractivity contribution is 5.71. The van der Waals surface area contributed by atoms with Crippen molar-refractivity contribution in [1.29, 1.82) is 0 Å². The highest BCUT2D eigenvalue weighted by Crippen LogP contribution is 2.16. The van der Waals surface area contributed by atoms with Crippen LogP contribution in [0.1, 0.15) is 258 Å². The molecule has 348 valence electrons. The Bertz CT molecular complexity index is 1060. The molecule has 0 aliphatic heterocycles. The first-order valence-electron chi connectivity index (χ1n) is 25.6. The lowest BCUT2D eigenvalue weighted by atomic mass is 10.0. The summed E-state index contributed by atoms with van der Waals surface area (Å²) in [6.45, 7) is 6.45. The van der Waals surface area contributed by atoms with Crippen molar-refractivity contribution < 1.29 is 28.6 Å². The summed E-state index contributed by atoms with van der Waals surface area (Å²) in [6.07, 6.45) is 58.5. The van der Waals surface area contributed by atoms with Crippen LogP contribution in [-0.4, -0.2) is 37.2 Å². The highest BCUT2D eigenvalue weighted by Gasteiger charge is 2.19. The molecule has 0 aromatic rings. The number of carbonyl (C=O) groups excluding carboxylic acids is 3. The Morgan fingerprint density at radius 1 is 0.350 bits per heavy atom. The van der Waals surface area contributed by atoms with Crippen molar-refractivity contribution in [2.75, 3.05) is 13.2 Å². The van der Waals surface area contributed by atoms with Crippen LogP contribution in [0.25, 0.3) is 0 Å². The molecule has 0 radical (unpaired) electrons. The summed E-state index contributed by atoms with van der Waals surface area (Å²) in [7, 11) is 0. The van der Waals surface area contributed by atoms with Crippen LogP contribution in [0.5, 0.6) is 0 Å². The SMILES string of the molecule is CC/C=C\C/C=C\C/C=C\C/C=C\CCCCCCCCCCCCCCC(=O)OCC(COC(=O)CCCCCCC)OC(=O)CCCCCCCCCCCCCC. The largest absolute Gasteiger partial charge is 0.462 e. The van der Waals surface area contributed by atoms with Crippen LogP contribution >= 0.6 is 0 Å². The lowest BCUT2D eigenvalue weighted by Crippen LogP contribution is -2.30. The van der Waals surface area contributed by atoms with Crippen LogP contribution in [0.15, 0.2) is 48.6 Å². The van der Waals surface area contributed by atoms with Gasteiger partial charge < -0.3 is 14.2 Å². The molecule has 1 unspecified atom stereocenters. The smallest absolute Gasteiger partial charge is 0.306 e. The van der Waals surface area contributed by atoms with Gasteiger partial charge in [-0.2, -0.15) is 0 Å². The second kappa shape index (κ2) is 49.0. The van der Waals surface area contributed by atoms with E-state index in [2.05, 4.69) is 69.4 Å². The van der Waals surface area contributed by atoms with Gasteiger partial charge in [0.25, 0.3) is 0 Å². The van der Waals surface area contributed by atoms with Crippen molar-refractivity contribution >= 4 is 17.9 Å². The lowest BCUT2D eigenvalue weighted by molar-refractivity contribution is -0.167. The van der Waals surface area contributed by atoms with Crippen LogP contribution in [0.3, 0.4) is 0 Å². The number of hydrogen-bond donors (Lipinski definition) is 0. The van der Waals surface area contributed by atoms with E-state index in [4.69, 9.17) is 14.2 Å². The van der Waals surface area contributed by atoms with Crippen molar-refractivity contribution in [3.8, 4) is 0 Å². The summed E-state index contributed by atoms with van der Waals surface area (Å²) in [4.78, 5) is 37.6. The maximum atomic E-state index is 12.7. The van der Waals surface area contributed by atoms with Crippen LogP contribution in [0.2, 0.25) is 0 Å². The molecule has 0 aromatic carbocycles. The van der Waals surface area contributed by atoms with Gasteiger partial charge in [0.15, 0.2) is 6.10 Å². The molecule has 0 spiro atoms. The number of rotatable bonds is 46. The summed E-state index contributed by atoms with van der Waals surface area (Å²) in [5.74, 6) is -0.881. The molecular weight excluding hydrogens is 745 g/mol. The zero-order chi connectivity index (χ0) is 43.7. The summed E-state index contributed by atoms with van der Waals surface area (Å²) < 4.78 is 16.6. The van der Waals surface area contributed by atoms with E-state index < -0.39 is 6.10 Å². The fourth-order valence-corrected chi connectivity index (χ4v) is 7.26. The molecule has 0 saturated heterocycles. The third-order valence-electron chi connectivity index (χ3n) is 11.1. The van der Waals surface area contributed by atoms with Gasteiger partial charge in [-0.15, -0.1) is 0 Å². The van der Waals surface area contributed by atoms with Crippen molar-refractivity contribution in [3.05, 3.63) is 48.6 Å². The first-order chi connectivity index (χ1) is 29.5. The Hall–Kier alpha value is -2.63. The van der Waals surface area contributed by atoms with Gasteiger partial charge in [-0.3, -0.25) is 14.4 Å². The van der Waals surface area contributed by atoms with E-state index in [-0.39, 0.29) is 31.1 Å². The number of esters is 3. The minimum atomic E-state index is -0.765. The Kier molecular flexibility index (Phi) is 46.9. The normalized spacial score (nSPS) is 12.4. The van der Waals surface area contributed by atoms with Gasteiger partial charge in [0.2, 0.25) is 0 Å². The van der Waals surface area contributed by atoms with E-state index in [1.54, 1.807) is 0 Å². The van der Waals surface area contributed by atoms with Crippen molar-refractivity contribution in [1.82, 2.24) is 0 Å². The Labute approximate surface area is 371 Å². The molecule has 0 aromatic heterocycles. The fraction of sp³-hybridized carbons (Fsp3) is 0.796. The summed E-state index contributed by atoms with van der Waals surface area (Å²) in [5.41, 5.74) is 0. The van der Waals surface area contributed by atoms with Crippen LogP contribution in [0.4, 0.5) is 0 Å². The van der Waals surface area contributed by atoms with Gasteiger partial charge in [0, 0.05) is 19.3 Å². The molecule has 0 saturated carbocycles. The zero-order valence-electron chi connectivity index (χ0n) is 39.7. The Morgan fingerprint density at radius 2 is 0.650 bits per heavy atom. The van der Waals surface area contributed by atoms with E-state index in [1.165, 1.54) is 128 Å². The standard InChI is InChI=1S/C54H96O6/c1-4-7-10-13-15-17-19-21-22-23-24-25-26-27-28-29-30-31-32-33-35-36-38-41-44-47-53(56)59-50-51(49-58-52(55)46-43-40-12-9-6-3)60-54(57)48-45-42-39-37-34-20-18-16-14-11-8-5-2/h7,10,15,17,21-22,24-25,51H,4-6,8-9,11-14,16,18-20,23,26-50H2,1-3H3/b10-7-,17-15-,22-21-,25-24-. The molecular formula is C54H96O6. The fourth-order valence-electron chi connectivity index (χ4n) is 7.26. The Balaban J connectivity index is 4.05. The molecule has 0 heterocycles. The number of carbonyl (C=O) groups is 3.